The van der Waals surface area contributed by atoms with Gasteiger partial charge in [-0.1, -0.05) is 47.5 Å². The van der Waals surface area contributed by atoms with E-state index >= 15 is 0 Å². The van der Waals surface area contributed by atoms with Crippen LogP contribution in [0.3, 0.4) is 0 Å². The minimum absolute atomic E-state index is 0. The maximum atomic E-state index is 14.6. The molecule has 0 radical (unpaired) electrons. The summed E-state index contributed by atoms with van der Waals surface area (Å²) in [5.41, 5.74) is 1.64. The molecule has 0 saturated carbocycles. The fraction of sp³-hybridized carbons (Fsp3) is 0.0370. The van der Waals surface area contributed by atoms with Gasteiger partial charge in [-0.25, -0.2) is 8.78 Å². The predicted octanol–water partition coefficient (Wildman–Crippen LogP) is 6.98. The second-order valence-electron chi connectivity index (χ2n) is 7.35. The Morgan fingerprint density at radius 1 is 0.765 bits per heavy atom. The Labute approximate surface area is 207 Å². The quantitative estimate of drug-likeness (QED) is 0.147. The van der Waals surface area contributed by atoms with E-state index in [1.165, 1.54) is 12.1 Å². The molecule has 170 valence electrons. The molecular weight excluding hydrogens is 623 g/mol. The zero-order valence-corrected chi connectivity index (χ0v) is 19.6. The molecule has 2 nitrogen and oxygen atoms in total. The molecule has 0 spiro atoms. The van der Waals surface area contributed by atoms with Gasteiger partial charge in [-0.3, -0.25) is 8.78 Å². The molecule has 3 aromatic carbocycles. The molecule has 0 unspecified atom stereocenters. The number of alkyl halides is 2. The number of hydrogen-bond donors (Lipinski definition) is 0. The Morgan fingerprint density at radius 3 is 2.35 bits per heavy atom. The van der Waals surface area contributed by atoms with Crippen molar-refractivity contribution in [2.24, 2.45) is 0 Å². The van der Waals surface area contributed by atoms with Gasteiger partial charge in [0.1, 0.15) is 0 Å². The Bertz CT molecular complexity index is 1470. The van der Waals surface area contributed by atoms with Crippen molar-refractivity contribution in [2.75, 3.05) is 0 Å². The average molecular weight is 637 g/mol. The van der Waals surface area contributed by atoms with Crippen LogP contribution in [-0.4, -0.2) is 9.97 Å². The first kappa shape index (κ1) is 23.8. The van der Waals surface area contributed by atoms with Crippen molar-refractivity contribution in [3.05, 3.63) is 120 Å². The van der Waals surface area contributed by atoms with Crippen molar-refractivity contribution in [3.63, 3.8) is 0 Å². The van der Waals surface area contributed by atoms with Gasteiger partial charge in [0.05, 0.1) is 0 Å². The van der Waals surface area contributed by atoms with Crippen LogP contribution in [-0.2, 0) is 27.0 Å². The number of benzene rings is 3. The molecule has 0 amide bonds. The summed E-state index contributed by atoms with van der Waals surface area (Å²) in [6.07, 6.45) is 3.20. The Balaban J connectivity index is 0.000000164. The van der Waals surface area contributed by atoms with Gasteiger partial charge in [0, 0.05) is 29.6 Å². The van der Waals surface area contributed by atoms with Crippen molar-refractivity contribution in [1.82, 2.24) is 9.97 Å². The third-order valence-corrected chi connectivity index (χ3v) is 5.34. The summed E-state index contributed by atoms with van der Waals surface area (Å²) in [4.78, 5) is 8.23. The zero-order valence-electron chi connectivity index (χ0n) is 17.3. The molecule has 2 aromatic heterocycles. The van der Waals surface area contributed by atoms with Gasteiger partial charge in [0.15, 0.2) is 0 Å². The number of rotatable bonds is 1. The van der Waals surface area contributed by atoms with E-state index < -0.39 is 17.6 Å². The number of nitrogens with zero attached hydrogens (tertiary/aromatic N) is 2. The maximum Gasteiger partial charge on any atom is 2.00 e. The van der Waals surface area contributed by atoms with Crippen LogP contribution in [0.1, 0.15) is 11.1 Å². The molecular formula is C27H14F4N2Pt. The molecule has 7 heteroatoms. The van der Waals surface area contributed by atoms with E-state index in [0.717, 1.165) is 17.5 Å². The van der Waals surface area contributed by atoms with E-state index in [2.05, 4.69) is 22.1 Å². The first-order valence-electron chi connectivity index (χ1n) is 10.0. The number of halogens is 4. The standard InChI is InChI=1S/C16H8F2N.C11H6F2N.Pt/c17-16(18)12-6-2-1-5-11(12)15-14-10(8-9-19-15)4-3-7-13(14)16;12-8-4-5-9(10(13)7-8)11-3-1-2-6-14-11;/h1-4,6-9H;1-4,6-7H;/q2*-1;+2. The van der Waals surface area contributed by atoms with Gasteiger partial charge in [-0.05, 0) is 34.3 Å². The van der Waals surface area contributed by atoms with E-state index in [-0.39, 0.29) is 37.8 Å². The molecule has 5 aromatic rings. The van der Waals surface area contributed by atoms with Crippen LogP contribution >= 0.6 is 0 Å². The van der Waals surface area contributed by atoms with Crippen molar-refractivity contribution in [1.29, 1.82) is 0 Å². The summed E-state index contributed by atoms with van der Waals surface area (Å²) >= 11 is 0. The van der Waals surface area contributed by atoms with E-state index in [9.17, 15) is 17.6 Å². The van der Waals surface area contributed by atoms with Crippen LogP contribution in [0.5, 0.6) is 0 Å². The molecule has 0 N–H and O–H groups in total. The van der Waals surface area contributed by atoms with Crippen molar-refractivity contribution >= 4 is 10.8 Å². The summed E-state index contributed by atoms with van der Waals surface area (Å²) in [6.45, 7) is 0. The summed E-state index contributed by atoms with van der Waals surface area (Å²) in [7, 11) is 0. The molecule has 0 atom stereocenters. The van der Waals surface area contributed by atoms with Gasteiger partial charge in [-0.2, -0.15) is 0 Å². The Hall–Kier alpha value is -3.37. The minimum Gasteiger partial charge on any atom is -0.305 e. The predicted molar refractivity (Wildman–Crippen MR) is 117 cm³/mol. The SMILES string of the molecule is FC1(F)c2ccc[c-]c2-c2nccc3cccc1c23.Fc1c[c-]c(-c2ccccn2)c(F)c1.[Pt+2]. The number of pyridine rings is 2. The van der Waals surface area contributed by atoms with Gasteiger partial charge in [-0.15, -0.1) is 42.0 Å². The minimum atomic E-state index is -3.00. The van der Waals surface area contributed by atoms with Crippen LogP contribution < -0.4 is 0 Å². The van der Waals surface area contributed by atoms with Gasteiger partial charge >= 0.3 is 21.1 Å². The molecule has 0 bridgehead atoms. The van der Waals surface area contributed by atoms with Crippen LogP contribution in [0.4, 0.5) is 17.6 Å². The monoisotopic (exact) mass is 637 g/mol. The number of fused-ring (bicyclic) bond motifs is 2. The molecule has 0 fully saturated rings. The number of aromatic nitrogens is 2. The second kappa shape index (κ2) is 9.47. The van der Waals surface area contributed by atoms with Crippen LogP contribution in [0.25, 0.3) is 33.3 Å². The zero-order chi connectivity index (χ0) is 23.0. The van der Waals surface area contributed by atoms with Crippen LogP contribution in [0.15, 0.2) is 85.2 Å². The smallest absolute Gasteiger partial charge is 0.305 e. The van der Waals surface area contributed by atoms with E-state index in [4.69, 9.17) is 0 Å². The summed E-state index contributed by atoms with van der Waals surface area (Å²) in [5, 5.41) is 1.31. The number of hydrogen-bond acceptors (Lipinski definition) is 2. The van der Waals surface area contributed by atoms with Crippen molar-refractivity contribution in [3.8, 4) is 22.5 Å². The molecule has 6 rings (SSSR count). The van der Waals surface area contributed by atoms with Crippen LogP contribution in [0, 0.1) is 23.8 Å². The third kappa shape index (κ3) is 4.14. The molecule has 34 heavy (non-hydrogen) atoms. The normalized spacial score (nSPS) is 12.7. The molecule has 0 saturated heterocycles. The largest absolute Gasteiger partial charge is 2.00 e. The summed E-state index contributed by atoms with van der Waals surface area (Å²) in [6, 6.07) is 23.8. The first-order valence-corrected chi connectivity index (χ1v) is 10.0. The maximum absolute atomic E-state index is 14.6. The van der Waals surface area contributed by atoms with Crippen molar-refractivity contribution < 1.29 is 38.6 Å². The van der Waals surface area contributed by atoms with Gasteiger partial charge < -0.3 is 9.97 Å². The summed E-state index contributed by atoms with van der Waals surface area (Å²) in [5.74, 6) is -4.28. The van der Waals surface area contributed by atoms with Crippen molar-refractivity contribution in [2.45, 2.75) is 5.92 Å². The van der Waals surface area contributed by atoms with E-state index in [1.54, 1.807) is 54.9 Å². The van der Waals surface area contributed by atoms with Gasteiger partial charge in [0.2, 0.25) is 0 Å². The first-order chi connectivity index (χ1) is 16.0. The topological polar surface area (TPSA) is 25.8 Å². The fourth-order valence-corrected chi connectivity index (χ4v) is 3.87. The molecule has 1 aliphatic rings. The average Bonchev–Trinajstić information content (AvgIpc) is 2.84. The van der Waals surface area contributed by atoms with E-state index in [0.29, 0.717) is 22.3 Å². The Kier molecular flexibility index (Phi) is 6.62. The molecule has 1 aliphatic carbocycles. The second-order valence-corrected chi connectivity index (χ2v) is 7.35. The molecule has 0 aliphatic heterocycles. The van der Waals surface area contributed by atoms with Gasteiger partial charge in [0.25, 0.3) is 5.92 Å². The molecule has 2 heterocycles. The third-order valence-electron chi connectivity index (χ3n) is 5.34. The Morgan fingerprint density at radius 2 is 1.59 bits per heavy atom. The summed E-state index contributed by atoms with van der Waals surface area (Å²) < 4.78 is 55.0. The van der Waals surface area contributed by atoms with E-state index in [1.807, 2.05) is 6.07 Å². The fourth-order valence-electron chi connectivity index (χ4n) is 3.87. The van der Waals surface area contributed by atoms with Crippen LogP contribution in [0.2, 0.25) is 0 Å².